The zero-order valence-corrected chi connectivity index (χ0v) is 5.39. The van der Waals surface area contributed by atoms with Crippen molar-refractivity contribution in [1.29, 1.82) is 0 Å². The van der Waals surface area contributed by atoms with Crippen LogP contribution in [0.3, 0.4) is 0 Å². The summed E-state index contributed by atoms with van der Waals surface area (Å²) in [6, 6.07) is 1.85. The van der Waals surface area contributed by atoms with E-state index in [2.05, 4.69) is 24.8 Å². The number of hydrogen-bond donors (Lipinski definition) is 0. The van der Waals surface area contributed by atoms with Gasteiger partial charge < -0.3 is 0 Å². The maximum Gasteiger partial charge on any atom is 0.0478 e. The molecule has 3 unspecified atom stereocenters. The molecule has 0 aliphatic carbocycles. The fourth-order valence-electron chi connectivity index (χ4n) is 1.31. The number of rotatable bonds is 1. The van der Waals surface area contributed by atoms with Crippen LogP contribution in [-0.2, 0) is 0 Å². The van der Waals surface area contributed by atoms with Crippen LogP contribution < -0.4 is 0 Å². The van der Waals surface area contributed by atoms with Gasteiger partial charge in [-0.1, -0.05) is 11.6 Å². The van der Waals surface area contributed by atoms with Crippen LogP contribution in [0.15, 0.2) is 11.6 Å². The van der Waals surface area contributed by atoms with Crippen molar-refractivity contribution in [3.8, 4) is 0 Å². The topological polar surface area (TPSA) is 3.01 Å². The van der Waals surface area contributed by atoms with E-state index in [0.29, 0.717) is 0 Å². The van der Waals surface area contributed by atoms with Gasteiger partial charge >= 0.3 is 0 Å². The number of hydrogen-bond acceptors (Lipinski definition) is 1. The molecule has 1 heteroatoms. The highest BCUT2D eigenvalue weighted by molar-refractivity contribution is 5.32. The first-order valence-corrected chi connectivity index (χ1v) is 3.23. The zero-order chi connectivity index (χ0) is 5.72. The van der Waals surface area contributed by atoms with E-state index >= 15 is 0 Å². The maximum absolute atomic E-state index is 2.50. The first-order valence-electron chi connectivity index (χ1n) is 3.23. The Kier molecular flexibility index (Phi) is 0.662. The molecule has 0 radical (unpaired) electrons. The predicted molar refractivity (Wildman–Crippen MR) is 33.7 cm³/mol. The molecule has 44 valence electrons. The average Bonchev–Trinajstić information content (AvgIpc) is 2.47. The molecule has 2 aliphatic rings. The van der Waals surface area contributed by atoms with Crippen LogP contribution in [0.25, 0.3) is 0 Å². The third kappa shape index (κ3) is 0.402. The normalized spacial score (nSPS) is 50.8. The second-order valence-corrected chi connectivity index (χ2v) is 2.74. The van der Waals surface area contributed by atoms with Crippen LogP contribution in [0.4, 0.5) is 0 Å². The quantitative estimate of drug-likeness (QED) is 0.359. The molecule has 3 atom stereocenters. The summed E-state index contributed by atoms with van der Waals surface area (Å²) >= 11 is 0. The highest BCUT2D eigenvalue weighted by Gasteiger charge is 2.62. The minimum atomic E-state index is 0.875. The SMILES string of the molecule is C/C=C(\C)C1C2CN21. The second-order valence-electron chi connectivity index (χ2n) is 2.74. The lowest BCUT2D eigenvalue weighted by atomic mass is 10.1. The molecular formula is C7H11N. The molecule has 0 bridgehead atoms. The Labute approximate surface area is 50.0 Å². The fraction of sp³-hybridized carbons (Fsp3) is 0.714. The van der Waals surface area contributed by atoms with Gasteiger partial charge in [-0.15, -0.1) is 0 Å². The van der Waals surface area contributed by atoms with Gasteiger partial charge in [-0.25, -0.2) is 0 Å². The van der Waals surface area contributed by atoms with Gasteiger partial charge in [0.15, 0.2) is 0 Å². The summed E-state index contributed by atoms with van der Waals surface area (Å²) in [5, 5.41) is 0. The van der Waals surface area contributed by atoms with E-state index in [4.69, 9.17) is 0 Å². The summed E-state index contributed by atoms with van der Waals surface area (Å²) in [7, 11) is 0. The van der Waals surface area contributed by atoms with Crippen molar-refractivity contribution in [2.45, 2.75) is 25.9 Å². The largest absolute Gasteiger partial charge is 0.287 e. The minimum absolute atomic E-state index is 0.875. The van der Waals surface area contributed by atoms with Crippen molar-refractivity contribution in [3.63, 3.8) is 0 Å². The summed E-state index contributed by atoms with van der Waals surface area (Å²) in [6.07, 6.45) is 2.22. The van der Waals surface area contributed by atoms with E-state index < -0.39 is 0 Å². The van der Waals surface area contributed by atoms with Gasteiger partial charge in [0.05, 0.1) is 0 Å². The molecule has 0 N–H and O–H groups in total. The van der Waals surface area contributed by atoms with E-state index in [1.54, 1.807) is 5.57 Å². The fourth-order valence-corrected chi connectivity index (χ4v) is 1.31. The minimum Gasteiger partial charge on any atom is -0.287 e. The lowest BCUT2D eigenvalue weighted by Gasteiger charge is -1.99. The second kappa shape index (κ2) is 1.16. The molecule has 0 spiro atoms. The summed E-state index contributed by atoms with van der Waals surface area (Å²) in [5.74, 6) is 0. The summed E-state index contributed by atoms with van der Waals surface area (Å²) in [5.41, 5.74) is 1.56. The highest BCUT2D eigenvalue weighted by Crippen LogP contribution is 2.47. The van der Waals surface area contributed by atoms with Gasteiger partial charge in [0.2, 0.25) is 0 Å². The molecule has 0 saturated carbocycles. The van der Waals surface area contributed by atoms with Crippen molar-refractivity contribution < 1.29 is 0 Å². The van der Waals surface area contributed by atoms with Crippen LogP contribution in [0, 0.1) is 0 Å². The van der Waals surface area contributed by atoms with Gasteiger partial charge in [-0.3, -0.25) is 4.90 Å². The Hall–Kier alpha value is -0.300. The van der Waals surface area contributed by atoms with Crippen LogP contribution in [0.1, 0.15) is 13.8 Å². The lowest BCUT2D eigenvalue weighted by molar-refractivity contribution is 0.692. The Morgan fingerprint density at radius 1 is 1.75 bits per heavy atom. The van der Waals surface area contributed by atoms with Gasteiger partial charge in [-0.05, 0) is 13.8 Å². The molecule has 0 aromatic rings. The Morgan fingerprint density at radius 2 is 2.38 bits per heavy atom. The Morgan fingerprint density at radius 3 is 2.50 bits per heavy atom. The zero-order valence-electron chi connectivity index (χ0n) is 5.39. The first kappa shape index (κ1) is 4.57. The van der Waals surface area contributed by atoms with E-state index in [1.165, 1.54) is 6.54 Å². The third-order valence-electron chi connectivity index (χ3n) is 2.24. The van der Waals surface area contributed by atoms with Crippen molar-refractivity contribution >= 4 is 0 Å². The standard InChI is InChI=1S/C7H11N/c1-3-5(2)7-6-4-8(6)7/h3,6-7H,4H2,1-2H3/b5-3+. The molecule has 2 rings (SSSR count). The molecule has 0 aromatic heterocycles. The molecule has 0 aromatic carbocycles. The van der Waals surface area contributed by atoms with Crippen LogP contribution in [-0.4, -0.2) is 23.5 Å². The van der Waals surface area contributed by atoms with Gasteiger partial charge in [0.25, 0.3) is 0 Å². The third-order valence-corrected chi connectivity index (χ3v) is 2.24. The Balaban J connectivity index is 2.00. The van der Waals surface area contributed by atoms with Gasteiger partial charge in [0, 0.05) is 18.6 Å². The molecule has 0 amide bonds. The number of fused-ring (bicyclic) bond motifs is 1. The van der Waals surface area contributed by atoms with Crippen molar-refractivity contribution in [1.82, 2.24) is 4.90 Å². The first-order chi connectivity index (χ1) is 3.84. The summed E-state index contributed by atoms with van der Waals surface area (Å²) < 4.78 is 0. The van der Waals surface area contributed by atoms with Crippen molar-refractivity contribution in [3.05, 3.63) is 11.6 Å². The number of allylic oxidation sites excluding steroid dienone is 1. The maximum atomic E-state index is 2.50. The predicted octanol–water partition coefficient (Wildman–Crippen LogP) is 1.02. The molecule has 1 nitrogen and oxygen atoms in total. The molecule has 2 fully saturated rings. The van der Waals surface area contributed by atoms with Crippen LogP contribution >= 0.6 is 0 Å². The average molecular weight is 109 g/mol. The highest BCUT2D eigenvalue weighted by atomic mass is 15.5. The molecular weight excluding hydrogens is 98.1 g/mol. The van der Waals surface area contributed by atoms with Crippen molar-refractivity contribution in [2.24, 2.45) is 0 Å². The van der Waals surface area contributed by atoms with Gasteiger partial charge in [0.1, 0.15) is 0 Å². The monoisotopic (exact) mass is 109 g/mol. The van der Waals surface area contributed by atoms with Crippen LogP contribution in [0.5, 0.6) is 0 Å². The smallest absolute Gasteiger partial charge is 0.0478 e. The van der Waals surface area contributed by atoms with E-state index in [0.717, 1.165) is 12.1 Å². The van der Waals surface area contributed by atoms with Gasteiger partial charge in [-0.2, -0.15) is 0 Å². The molecule has 2 aliphatic heterocycles. The summed E-state index contributed by atoms with van der Waals surface area (Å²) in [4.78, 5) is 2.50. The van der Waals surface area contributed by atoms with E-state index in [9.17, 15) is 0 Å². The molecule has 2 heterocycles. The Bertz CT molecular complexity index is 140. The van der Waals surface area contributed by atoms with Crippen molar-refractivity contribution in [2.75, 3.05) is 6.54 Å². The van der Waals surface area contributed by atoms with E-state index in [1.807, 2.05) is 0 Å². The van der Waals surface area contributed by atoms with E-state index in [-0.39, 0.29) is 0 Å². The molecule has 8 heavy (non-hydrogen) atoms. The number of nitrogens with zero attached hydrogens (tertiary/aromatic N) is 1. The lowest BCUT2D eigenvalue weighted by Crippen LogP contribution is -2.05. The molecule has 2 saturated heterocycles. The van der Waals surface area contributed by atoms with Crippen LogP contribution in [0.2, 0.25) is 0 Å². The summed E-state index contributed by atoms with van der Waals surface area (Å²) in [6.45, 7) is 5.71.